The summed E-state index contributed by atoms with van der Waals surface area (Å²) >= 11 is 7.86. The highest BCUT2D eigenvalue weighted by Crippen LogP contribution is 2.37. The molecule has 4 rings (SSSR count). The summed E-state index contributed by atoms with van der Waals surface area (Å²) in [5.74, 6) is 6.78. The largest absolute Gasteiger partial charge is 0.152 e. The summed E-state index contributed by atoms with van der Waals surface area (Å²) in [7, 11) is 3.02. The monoisotopic (exact) mass is 656 g/mol. The average molecular weight is 656 g/mol. The van der Waals surface area contributed by atoms with Gasteiger partial charge < -0.3 is 0 Å². The van der Waals surface area contributed by atoms with Crippen LogP contribution in [0.15, 0.2) is 57.9 Å². The molecule has 0 fully saturated rings. The van der Waals surface area contributed by atoms with Gasteiger partial charge in [0.25, 0.3) is 0 Å². The van der Waals surface area contributed by atoms with Gasteiger partial charge in [-0.3, -0.25) is 0 Å². The van der Waals surface area contributed by atoms with E-state index in [0.717, 1.165) is 21.9 Å². The fourth-order valence-corrected chi connectivity index (χ4v) is 5.39. The van der Waals surface area contributed by atoms with Crippen LogP contribution >= 0.6 is 83.0 Å². The van der Waals surface area contributed by atoms with E-state index in [2.05, 4.69) is 123 Å². The Morgan fingerprint density at radius 2 is 1.11 bits per heavy atom. The van der Waals surface area contributed by atoms with E-state index in [9.17, 15) is 0 Å². The molecule has 0 aliphatic carbocycles. The van der Waals surface area contributed by atoms with Crippen molar-refractivity contribution in [3.05, 3.63) is 69.0 Å². The molecule has 0 aliphatic rings. The zero-order valence-corrected chi connectivity index (χ0v) is 21.7. The lowest BCUT2D eigenvalue weighted by atomic mass is 9.90. The van der Waals surface area contributed by atoms with Gasteiger partial charge in [0.1, 0.15) is 0 Å². The molecule has 136 valence electrons. The van der Waals surface area contributed by atoms with Crippen molar-refractivity contribution >= 4 is 93.7 Å². The first-order chi connectivity index (χ1) is 13.8. The van der Waals surface area contributed by atoms with Crippen LogP contribution in [0, 0.1) is 22.3 Å². The van der Waals surface area contributed by atoms with Crippen molar-refractivity contribution in [2.24, 2.45) is 0 Å². The minimum Gasteiger partial charge on any atom is -0.152 e. The number of thiophene rings is 2. The first-order valence-electron chi connectivity index (χ1n) is 8.05. The SMILES string of the molecule is ISC#Cc1c(-c2ccsc2)ccc2c(C#CSI)c(-c3ccsc3)ccc12. The van der Waals surface area contributed by atoms with Crippen LogP contribution in [0.25, 0.3) is 33.0 Å². The van der Waals surface area contributed by atoms with Gasteiger partial charge in [-0.1, -0.05) is 36.1 Å². The van der Waals surface area contributed by atoms with Gasteiger partial charge in [0.15, 0.2) is 0 Å². The van der Waals surface area contributed by atoms with E-state index in [0.29, 0.717) is 0 Å². The van der Waals surface area contributed by atoms with E-state index in [1.54, 1.807) is 22.7 Å². The van der Waals surface area contributed by atoms with E-state index >= 15 is 0 Å². The summed E-state index contributed by atoms with van der Waals surface area (Å²) in [4.78, 5) is 0. The summed E-state index contributed by atoms with van der Waals surface area (Å²) < 4.78 is 0. The van der Waals surface area contributed by atoms with Crippen molar-refractivity contribution in [3.8, 4) is 44.6 Å². The first-order valence-corrected chi connectivity index (χ1v) is 16.7. The van der Waals surface area contributed by atoms with Crippen molar-refractivity contribution in [1.82, 2.24) is 0 Å². The normalized spacial score (nSPS) is 10.2. The molecule has 0 nitrogen and oxygen atoms in total. The number of fused-ring (bicyclic) bond motifs is 1. The summed E-state index contributed by atoms with van der Waals surface area (Å²) in [6.07, 6.45) is 0. The average Bonchev–Trinajstić information content (AvgIpc) is 3.44. The molecule has 0 amide bonds. The third kappa shape index (κ3) is 4.28. The van der Waals surface area contributed by atoms with Crippen molar-refractivity contribution in [2.45, 2.75) is 0 Å². The number of hydrogen-bond acceptors (Lipinski definition) is 4. The fourth-order valence-electron chi connectivity index (χ4n) is 3.13. The van der Waals surface area contributed by atoms with Crippen LogP contribution in [0.3, 0.4) is 0 Å². The summed E-state index contributed by atoms with van der Waals surface area (Å²) in [6, 6.07) is 13.1. The lowest BCUT2D eigenvalue weighted by Gasteiger charge is -2.12. The molecule has 2 heterocycles. The highest BCUT2D eigenvalue weighted by molar-refractivity contribution is 14.2. The smallest absolute Gasteiger partial charge is 0.0412 e. The van der Waals surface area contributed by atoms with Gasteiger partial charge in [0.05, 0.1) is 0 Å². The molecule has 0 spiro atoms. The van der Waals surface area contributed by atoms with Crippen LogP contribution in [0.5, 0.6) is 0 Å². The molecule has 0 saturated heterocycles. The molecular weight excluding hydrogens is 646 g/mol. The van der Waals surface area contributed by atoms with Gasteiger partial charge in [-0.05, 0) is 95.1 Å². The van der Waals surface area contributed by atoms with Gasteiger partial charge in [0.2, 0.25) is 0 Å². The Balaban J connectivity index is 2.06. The Bertz CT molecular complexity index is 1140. The predicted octanol–water partition coefficient (Wildman–Crippen LogP) is 9.08. The number of benzene rings is 2. The van der Waals surface area contributed by atoms with E-state index < -0.39 is 0 Å². The molecule has 4 aromatic rings. The first kappa shape index (κ1) is 20.6. The zero-order chi connectivity index (χ0) is 19.3. The van der Waals surface area contributed by atoms with Gasteiger partial charge in [-0.15, -0.1) is 0 Å². The van der Waals surface area contributed by atoms with Gasteiger partial charge in [-0.2, -0.15) is 22.7 Å². The second-order valence-corrected chi connectivity index (χ2v) is 10.6. The Morgan fingerprint density at radius 3 is 1.46 bits per heavy atom. The van der Waals surface area contributed by atoms with E-state index in [-0.39, 0.29) is 0 Å². The summed E-state index contributed by atoms with van der Waals surface area (Å²) in [5, 5.41) is 17.2. The lowest BCUT2D eigenvalue weighted by molar-refractivity contribution is 1.64. The Morgan fingerprint density at radius 1 is 0.643 bits per heavy atom. The Labute approximate surface area is 205 Å². The minimum atomic E-state index is 1.07. The molecule has 0 atom stereocenters. The van der Waals surface area contributed by atoms with Gasteiger partial charge in [0, 0.05) is 53.5 Å². The van der Waals surface area contributed by atoms with Crippen LogP contribution in [0.2, 0.25) is 0 Å². The van der Waals surface area contributed by atoms with Crippen molar-refractivity contribution < 1.29 is 0 Å². The molecule has 0 bridgehead atoms. The topological polar surface area (TPSA) is 0 Å². The van der Waals surface area contributed by atoms with Crippen molar-refractivity contribution in [2.75, 3.05) is 0 Å². The standard InChI is InChI=1S/C22H10I2S4/c23-27-11-7-21-17(15-5-9-25-13-15)1-3-19-20(21)4-2-18(16-6-10-26-14-16)22(19)8-12-28-24/h1-6,9-10,13-14H. The predicted molar refractivity (Wildman–Crippen MR) is 148 cm³/mol. The molecule has 6 heteroatoms. The lowest BCUT2D eigenvalue weighted by Crippen LogP contribution is -1.91. The fraction of sp³-hybridized carbons (Fsp3) is 0. The highest BCUT2D eigenvalue weighted by Gasteiger charge is 2.14. The maximum Gasteiger partial charge on any atom is 0.0412 e. The molecular formula is C22H10I2S4. The number of rotatable bonds is 2. The summed E-state index contributed by atoms with van der Waals surface area (Å²) in [5.41, 5.74) is 6.93. The second-order valence-electron chi connectivity index (χ2n) is 5.70. The molecule has 28 heavy (non-hydrogen) atoms. The van der Waals surface area contributed by atoms with E-state index in [1.165, 1.54) is 40.1 Å². The van der Waals surface area contributed by atoms with Crippen molar-refractivity contribution in [1.29, 1.82) is 0 Å². The molecule has 0 N–H and O–H groups in total. The maximum absolute atomic E-state index is 3.39. The van der Waals surface area contributed by atoms with Crippen LogP contribution in [-0.2, 0) is 0 Å². The maximum atomic E-state index is 3.39. The third-order valence-corrected chi connectivity index (χ3v) is 7.34. The summed E-state index contributed by atoms with van der Waals surface area (Å²) in [6.45, 7) is 0. The van der Waals surface area contributed by atoms with Crippen LogP contribution in [0.1, 0.15) is 11.1 Å². The van der Waals surface area contributed by atoms with Crippen LogP contribution in [-0.4, -0.2) is 0 Å². The molecule has 2 aromatic heterocycles. The zero-order valence-electron chi connectivity index (χ0n) is 14.2. The Hall–Kier alpha value is -0.620. The Kier molecular flexibility index (Phi) is 7.32. The second kappa shape index (κ2) is 9.92. The quantitative estimate of drug-likeness (QED) is 0.156. The number of halogens is 2. The van der Waals surface area contributed by atoms with E-state index in [4.69, 9.17) is 0 Å². The van der Waals surface area contributed by atoms with Crippen molar-refractivity contribution in [3.63, 3.8) is 0 Å². The molecule has 2 aromatic carbocycles. The minimum absolute atomic E-state index is 1.07. The molecule has 0 aliphatic heterocycles. The number of hydrogen-bond donors (Lipinski definition) is 0. The van der Waals surface area contributed by atoms with Crippen LogP contribution in [0.4, 0.5) is 0 Å². The van der Waals surface area contributed by atoms with Crippen LogP contribution < -0.4 is 0 Å². The molecule has 0 saturated carbocycles. The highest BCUT2D eigenvalue weighted by atomic mass is 127. The third-order valence-electron chi connectivity index (χ3n) is 4.29. The van der Waals surface area contributed by atoms with E-state index in [1.807, 2.05) is 0 Å². The molecule has 0 unspecified atom stereocenters. The molecule has 0 radical (unpaired) electrons. The van der Waals surface area contributed by atoms with Gasteiger partial charge >= 0.3 is 0 Å². The van der Waals surface area contributed by atoms with Gasteiger partial charge in [-0.25, -0.2) is 0 Å².